The third kappa shape index (κ3) is 3.16. The van der Waals surface area contributed by atoms with Crippen molar-refractivity contribution in [2.24, 2.45) is 5.92 Å². The standard InChI is InChI=1S/C18H21FN4O2/c1-25-11-16-17-15(23(21-20-17)10-12-2-3-12)8-9-22(16)18(24)13-4-6-14(19)7-5-13/h4-7,12,16H,2-3,8-11H2,1H3. The number of carbonyl (C=O) groups excluding carboxylic acids is 1. The van der Waals surface area contributed by atoms with Crippen LogP contribution in [-0.2, 0) is 17.7 Å². The lowest BCUT2D eigenvalue weighted by Gasteiger charge is -2.34. The van der Waals surface area contributed by atoms with Gasteiger partial charge in [-0.15, -0.1) is 5.10 Å². The van der Waals surface area contributed by atoms with Gasteiger partial charge in [-0.05, 0) is 43.0 Å². The van der Waals surface area contributed by atoms with Crippen molar-refractivity contribution in [2.45, 2.75) is 31.8 Å². The van der Waals surface area contributed by atoms with E-state index in [4.69, 9.17) is 4.74 Å². The summed E-state index contributed by atoms with van der Waals surface area (Å²) < 4.78 is 20.5. The molecule has 2 aromatic rings. The second-order valence-corrected chi connectivity index (χ2v) is 6.77. The van der Waals surface area contributed by atoms with Crippen molar-refractivity contribution in [1.29, 1.82) is 0 Å². The van der Waals surface area contributed by atoms with Gasteiger partial charge in [-0.2, -0.15) is 0 Å². The van der Waals surface area contributed by atoms with Crippen LogP contribution in [0.3, 0.4) is 0 Å². The highest BCUT2D eigenvalue weighted by Gasteiger charge is 2.36. The highest BCUT2D eigenvalue weighted by Crippen LogP contribution is 2.34. The molecule has 1 amide bonds. The van der Waals surface area contributed by atoms with Gasteiger partial charge in [0, 0.05) is 32.2 Å². The molecule has 0 spiro atoms. The monoisotopic (exact) mass is 344 g/mol. The maximum atomic E-state index is 13.1. The second kappa shape index (κ2) is 6.55. The lowest BCUT2D eigenvalue weighted by atomic mass is 10.0. The molecule has 1 unspecified atom stereocenters. The number of methoxy groups -OCH3 is 1. The van der Waals surface area contributed by atoms with E-state index < -0.39 is 0 Å². The zero-order valence-electron chi connectivity index (χ0n) is 14.2. The maximum absolute atomic E-state index is 13.1. The Labute approximate surface area is 145 Å². The molecule has 4 rings (SSSR count). The number of fused-ring (bicyclic) bond motifs is 1. The smallest absolute Gasteiger partial charge is 0.254 e. The van der Waals surface area contributed by atoms with Crippen LogP contribution in [0, 0.1) is 11.7 Å². The fraction of sp³-hybridized carbons (Fsp3) is 0.500. The number of amides is 1. The zero-order valence-corrected chi connectivity index (χ0v) is 14.2. The highest BCUT2D eigenvalue weighted by atomic mass is 19.1. The number of halogens is 1. The van der Waals surface area contributed by atoms with Crippen molar-refractivity contribution in [3.8, 4) is 0 Å². The molecule has 25 heavy (non-hydrogen) atoms. The molecule has 1 aromatic carbocycles. The number of hydrogen-bond acceptors (Lipinski definition) is 4. The molecule has 0 N–H and O–H groups in total. The van der Waals surface area contributed by atoms with Crippen LogP contribution in [0.4, 0.5) is 4.39 Å². The number of ether oxygens (including phenoxy) is 1. The van der Waals surface area contributed by atoms with Gasteiger partial charge in [-0.3, -0.25) is 4.79 Å². The van der Waals surface area contributed by atoms with E-state index in [1.165, 1.54) is 37.1 Å². The summed E-state index contributed by atoms with van der Waals surface area (Å²) in [4.78, 5) is 14.7. The third-order valence-electron chi connectivity index (χ3n) is 4.95. The molecule has 1 fully saturated rings. The number of rotatable bonds is 5. The summed E-state index contributed by atoms with van der Waals surface area (Å²) in [7, 11) is 1.61. The number of carbonyl (C=O) groups is 1. The van der Waals surface area contributed by atoms with Crippen LogP contribution in [0.2, 0.25) is 0 Å². The molecule has 2 heterocycles. The predicted molar refractivity (Wildman–Crippen MR) is 88.5 cm³/mol. The number of hydrogen-bond donors (Lipinski definition) is 0. The van der Waals surface area contributed by atoms with Gasteiger partial charge < -0.3 is 9.64 Å². The first-order chi connectivity index (χ1) is 12.2. The van der Waals surface area contributed by atoms with Gasteiger partial charge in [0.2, 0.25) is 0 Å². The maximum Gasteiger partial charge on any atom is 0.254 e. The van der Waals surface area contributed by atoms with Crippen LogP contribution in [0.25, 0.3) is 0 Å². The molecule has 1 aliphatic carbocycles. The molecular formula is C18H21FN4O2. The van der Waals surface area contributed by atoms with Gasteiger partial charge in [0.25, 0.3) is 5.91 Å². The first kappa shape index (κ1) is 16.2. The van der Waals surface area contributed by atoms with E-state index in [0.717, 1.165) is 24.4 Å². The highest BCUT2D eigenvalue weighted by molar-refractivity contribution is 5.94. The Morgan fingerprint density at radius 1 is 1.32 bits per heavy atom. The molecule has 1 saturated carbocycles. The van der Waals surface area contributed by atoms with Gasteiger partial charge in [-0.25, -0.2) is 9.07 Å². The third-order valence-corrected chi connectivity index (χ3v) is 4.95. The van der Waals surface area contributed by atoms with E-state index in [2.05, 4.69) is 10.3 Å². The summed E-state index contributed by atoms with van der Waals surface area (Å²) in [5.74, 6) is 0.226. The summed E-state index contributed by atoms with van der Waals surface area (Å²) in [6.45, 7) is 1.85. The van der Waals surface area contributed by atoms with Crippen LogP contribution in [0.1, 0.15) is 40.6 Å². The Morgan fingerprint density at radius 2 is 2.08 bits per heavy atom. The fourth-order valence-electron chi connectivity index (χ4n) is 3.41. The van der Waals surface area contributed by atoms with Crippen molar-refractivity contribution in [2.75, 3.05) is 20.3 Å². The molecule has 132 valence electrons. The summed E-state index contributed by atoms with van der Waals surface area (Å²) in [5, 5.41) is 8.67. The Hall–Kier alpha value is -2.28. The van der Waals surface area contributed by atoms with Gasteiger partial charge in [0.1, 0.15) is 17.6 Å². The molecule has 0 bridgehead atoms. The van der Waals surface area contributed by atoms with Crippen molar-refractivity contribution in [3.63, 3.8) is 0 Å². The molecule has 2 aliphatic rings. The Bertz CT molecular complexity index is 770. The van der Waals surface area contributed by atoms with Crippen molar-refractivity contribution in [1.82, 2.24) is 19.9 Å². The minimum absolute atomic E-state index is 0.135. The average Bonchev–Trinajstić information content (AvgIpc) is 3.34. The largest absolute Gasteiger partial charge is 0.382 e. The molecule has 7 heteroatoms. The van der Waals surface area contributed by atoms with E-state index in [1.54, 1.807) is 12.0 Å². The Balaban J connectivity index is 1.61. The van der Waals surface area contributed by atoms with E-state index in [1.807, 2.05) is 4.68 Å². The topological polar surface area (TPSA) is 60.3 Å². The van der Waals surface area contributed by atoms with E-state index in [9.17, 15) is 9.18 Å². The quantitative estimate of drug-likeness (QED) is 0.834. The number of aromatic nitrogens is 3. The first-order valence-electron chi connectivity index (χ1n) is 8.65. The zero-order chi connectivity index (χ0) is 17.4. The Kier molecular flexibility index (Phi) is 4.25. The fourth-order valence-corrected chi connectivity index (χ4v) is 3.41. The first-order valence-corrected chi connectivity index (χ1v) is 8.65. The SMILES string of the molecule is COCC1c2nnn(CC3CC3)c2CCN1C(=O)c1ccc(F)cc1. The Morgan fingerprint density at radius 3 is 2.76 bits per heavy atom. The minimum atomic E-state index is -0.353. The van der Waals surface area contributed by atoms with Crippen LogP contribution in [0.5, 0.6) is 0 Å². The van der Waals surface area contributed by atoms with Gasteiger partial charge in [0.15, 0.2) is 0 Å². The number of benzene rings is 1. The van der Waals surface area contributed by atoms with E-state index in [-0.39, 0.29) is 17.8 Å². The summed E-state index contributed by atoms with van der Waals surface area (Å²) >= 11 is 0. The minimum Gasteiger partial charge on any atom is -0.382 e. The van der Waals surface area contributed by atoms with Gasteiger partial charge >= 0.3 is 0 Å². The van der Waals surface area contributed by atoms with E-state index in [0.29, 0.717) is 24.6 Å². The molecule has 0 radical (unpaired) electrons. The number of nitrogens with zero attached hydrogens (tertiary/aromatic N) is 4. The van der Waals surface area contributed by atoms with E-state index >= 15 is 0 Å². The molecule has 1 aliphatic heterocycles. The van der Waals surface area contributed by atoms with Crippen LogP contribution < -0.4 is 0 Å². The van der Waals surface area contributed by atoms with Crippen LogP contribution >= 0.6 is 0 Å². The predicted octanol–water partition coefficient (Wildman–Crippen LogP) is 2.21. The van der Waals surface area contributed by atoms with Gasteiger partial charge in [0.05, 0.1) is 12.3 Å². The van der Waals surface area contributed by atoms with Crippen LogP contribution in [-0.4, -0.2) is 46.1 Å². The normalized spacial score (nSPS) is 19.8. The molecular weight excluding hydrogens is 323 g/mol. The van der Waals surface area contributed by atoms with Crippen molar-refractivity contribution >= 4 is 5.91 Å². The molecule has 1 atom stereocenters. The van der Waals surface area contributed by atoms with Gasteiger partial charge in [-0.1, -0.05) is 5.21 Å². The second-order valence-electron chi connectivity index (χ2n) is 6.77. The summed E-state index contributed by atoms with van der Waals surface area (Å²) in [6, 6.07) is 5.38. The summed E-state index contributed by atoms with van der Waals surface area (Å²) in [6.07, 6.45) is 3.23. The molecule has 1 aromatic heterocycles. The lowest BCUT2D eigenvalue weighted by Crippen LogP contribution is -2.42. The van der Waals surface area contributed by atoms with Crippen molar-refractivity contribution < 1.29 is 13.9 Å². The average molecular weight is 344 g/mol. The molecule has 6 nitrogen and oxygen atoms in total. The van der Waals surface area contributed by atoms with Crippen LogP contribution in [0.15, 0.2) is 24.3 Å². The molecule has 0 saturated heterocycles. The lowest BCUT2D eigenvalue weighted by molar-refractivity contribution is 0.0490. The summed E-state index contributed by atoms with van der Waals surface area (Å²) in [5.41, 5.74) is 2.40. The van der Waals surface area contributed by atoms with Crippen molar-refractivity contribution in [3.05, 3.63) is 47.0 Å².